The fourth-order valence-corrected chi connectivity index (χ4v) is 4.30. The first kappa shape index (κ1) is 18.9. The molecule has 0 spiro atoms. The quantitative estimate of drug-likeness (QED) is 0.672. The lowest BCUT2D eigenvalue weighted by Gasteiger charge is -2.29. The fraction of sp³-hybridized carbons (Fsp3) is 0.417. The second-order valence-corrected chi connectivity index (χ2v) is 7.83. The maximum atomic E-state index is 13.4. The molecule has 4 heteroatoms. The number of fused-ring (bicyclic) bond motifs is 1. The molecule has 28 heavy (non-hydrogen) atoms. The first-order valence-electron chi connectivity index (χ1n) is 10.6. The van der Waals surface area contributed by atoms with E-state index in [2.05, 4.69) is 24.4 Å². The number of hydrogen-bond donors (Lipinski definition) is 1. The first-order chi connectivity index (χ1) is 13.8. The molecule has 0 amide bonds. The van der Waals surface area contributed by atoms with Gasteiger partial charge in [-0.05, 0) is 37.0 Å². The Kier molecular flexibility index (Phi) is 5.87. The third kappa shape index (κ3) is 4.02. The summed E-state index contributed by atoms with van der Waals surface area (Å²) in [6.07, 6.45) is 7.25. The second kappa shape index (κ2) is 8.70. The highest BCUT2D eigenvalue weighted by molar-refractivity contribution is 5.77. The van der Waals surface area contributed by atoms with Gasteiger partial charge in [0.25, 0.3) is 5.56 Å². The van der Waals surface area contributed by atoms with E-state index >= 15 is 0 Å². The van der Waals surface area contributed by atoms with Gasteiger partial charge in [0.15, 0.2) is 0 Å². The van der Waals surface area contributed by atoms with E-state index < -0.39 is 0 Å². The molecule has 1 aliphatic carbocycles. The van der Waals surface area contributed by atoms with E-state index in [1.165, 1.54) is 32.1 Å². The van der Waals surface area contributed by atoms with Crippen molar-refractivity contribution in [3.8, 4) is 0 Å². The van der Waals surface area contributed by atoms with Crippen LogP contribution in [0.5, 0.6) is 0 Å². The van der Waals surface area contributed by atoms with Crippen LogP contribution in [0.4, 0.5) is 0 Å². The number of benzene rings is 2. The summed E-state index contributed by atoms with van der Waals surface area (Å²) in [6, 6.07) is 18.5. The molecule has 0 unspecified atom stereocenters. The van der Waals surface area contributed by atoms with Crippen molar-refractivity contribution in [2.24, 2.45) is 0 Å². The summed E-state index contributed by atoms with van der Waals surface area (Å²) in [7, 11) is 0. The van der Waals surface area contributed by atoms with Gasteiger partial charge in [-0.2, -0.15) is 0 Å². The van der Waals surface area contributed by atoms with Crippen LogP contribution in [0.25, 0.3) is 10.9 Å². The molecule has 0 saturated heterocycles. The summed E-state index contributed by atoms with van der Waals surface area (Å²) in [5, 5.41) is 4.51. The average Bonchev–Trinajstić information content (AvgIpc) is 2.75. The lowest BCUT2D eigenvalue weighted by molar-refractivity contribution is 0.323. The highest BCUT2D eigenvalue weighted by atomic mass is 16.1. The molecule has 0 bridgehead atoms. The molecule has 1 heterocycles. The summed E-state index contributed by atoms with van der Waals surface area (Å²) in [5.41, 5.74) is 1.96. The first-order valence-corrected chi connectivity index (χ1v) is 10.6. The Morgan fingerprint density at radius 3 is 2.50 bits per heavy atom. The minimum atomic E-state index is 0.0494. The van der Waals surface area contributed by atoms with E-state index in [1.54, 1.807) is 0 Å². The third-order valence-corrected chi connectivity index (χ3v) is 5.84. The highest BCUT2D eigenvalue weighted by Gasteiger charge is 2.23. The number of aromatic nitrogens is 2. The molecule has 3 aromatic rings. The second-order valence-electron chi connectivity index (χ2n) is 7.83. The zero-order valence-electron chi connectivity index (χ0n) is 16.6. The van der Waals surface area contributed by atoms with Crippen LogP contribution in [0.1, 0.15) is 62.9 Å². The van der Waals surface area contributed by atoms with Crippen LogP contribution in [-0.2, 0) is 6.54 Å². The highest BCUT2D eigenvalue weighted by Crippen LogP contribution is 2.23. The number of para-hydroxylation sites is 1. The van der Waals surface area contributed by atoms with Gasteiger partial charge in [0.1, 0.15) is 5.82 Å². The molecule has 4 nitrogen and oxygen atoms in total. The largest absolute Gasteiger partial charge is 0.305 e. The van der Waals surface area contributed by atoms with E-state index in [4.69, 9.17) is 4.98 Å². The van der Waals surface area contributed by atoms with Gasteiger partial charge in [-0.25, -0.2) is 4.98 Å². The molecule has 1 aromatic heterocycles. The van der Waals surface area contributed by atoms with Crippen molar-refractivity contribution in [2.75, 3.05) is 0 Å². The Hall–Kier alpha value is -2.46. The van der Waals surface area contributed by atoms with Crippen molar-refractivity contribution in [2.45, 2.75) is 64.1 Å². The van der Waals surface area contributed by atoms with E-state index in [9.17, 15) is 4.79 Å². The van der Waals surface area contributed by atoms with Crippen LogP contribution in [0, 0.1) is 0 Å². The van der Waals surface area contributed by atoms with Crippen molar-refractivity contribution in [1.29, 1.82) is 0 Å². The van der Waals surface area contributed by atoms with Crippen LogP contribution >= 0.6 is 0 Å². The topological polar surface area (TPSA) is 46.9 Å². The SMILES string of the molecule is CC[C@H](NC1CCCCC1)c1nc2ccccc2c(=O)n1Cc1ccccc1. The predicted molar refractivity (Wildman–Crippen MR) is 115 cm³/mol. The Morgan fingerprint density at radius 2 is 1.75 bits per heavy atom. The van der Waals surface area contributed by atoms with Gasteiger partial charge in [0.2, 0.25) is 0 Å². The van der Waals surface area contributed by atoms with Crippen molar-refractivity contribution in [3.05, 3.63) is 76.3 Å². The smallest absolute Gasteiger partial charge is 0.261 e. The predicted octanol–water partition coefficient (Wildman–Crippen LogP) is 4.82. The Balaban J connectivity index is 1.77. The minimum absolute atomic E-state index is 0.0494. The normalized spacial score (nSPS) is 16.3. The van der Waals surface area contributed by atoms with E-state index in [0.29, 0.717) is 18.0 Å². The molecule has 146 valence electrons. The molecule has 1 aliphatic rings. The summed E-state index contributed by atoms with van der Waals surface area (Å²) < 4.78 is 1.88. The number of rotatable bonds is 6. The standard InChI is InChI=1S/C24H29N3O/c1-2-21(25-19-13-7-4-8-14-19)23-26-22-16-10-9-15-20(22)24(28)27(23)17-18-11-5-3-6-12-18/h3,5-6,9-12,15-16,19,21,25H,2,4,7-8,13-14,17H2,1H3/t21-/m0/s1. The summed E-state index contributed by atoms with van der Waals surface area (Å²) in [4.78, 5) is 18.3. The molecular weight excluding hydrogens is 346 g/mol. The zero-order chi connectivity index (χ0) is 19.3. The summed E-state index contributed by atoms with van der Waals surface area (Å²) >= 11 is 0. The van der Waals surface area contributed by atoms with Gasteiger partial charge in [-0.3, -0.25) is 9.36 Å². The van der Waals surface area contributed by atoms with Gasteiger partial charge in [-0.1, -0.05) is 68.7 Å². The van der Waals surface area contributed by atoms with E-state index in [0.717, 1.165) is 23.3 Å². The van der Waals surface area contributed by atoms with Gasteiger partial charge in [0.05, 0.1) is 23.5 Å². The van der Waals surface area contributed by atoms with Crippen molar-refractivity contribution < 1.29 is 0 Å². The average molecular weight is 376 g/mol. The van der Waals surface area contributed by atoms with Gasteiger partial charge in [-0.15, -0.1) is 0 Å². The monoisotopic (exact) mass is 375 g/mol. The molecule has 1 N–H and O–H groups in total. The lowest BCUT2D eigenvalue weighted by atomic mass is 9.94. The maximum absolute atomic E-state index is 13.4. The zero-order valence-corrected chi connectivity index (χ0v) is 16.6. The molecule has 2 aromatic carbocycles. The van der Waals surface area contributed by atoms with Gasteiger partial charge >= 0.3 is 0 Å². The van der Waals surface area contributed by atoms with Crippen LogP contribution in [0.15, 0.2) is 59.4 Å². The summed E-state index contributed by atoms with van der Waals surface area (Å²) in [5.74, 6) is 0.862. The number of nitrogens with zero attached hydrogens (tertiary/aromatic N) is 2. The molecular formula is C24H29N3O. The Bertz CT molecular complexity index is 974. The molecule has 0 aliphatic heterocycles. The van der Waals surface area contributed by atoms with Crippen molar-refractivity contribution in [3.63, 3.8) is 0 Å². The molecule has 1 atom stereocenters. The van der Waals surface area contributed by atoms with E-state index in [1.807, 2.05) is 47.0 Å². The van der Waals surface area contributed by atoms with Crippen LogP contribution in [0.2, 0.25) is 0 Å². The van der Waals surface area contributed by atoms with Crippen LogP contribution in [-0.4, -0.2) is 15.6 Å². The number of hydrogen-bond acceptors (Lipinski definition) is 3. The molecule has 4 rings (SSSR count). The van der Waals surface area contributed by atoms with Gasteiger partial charge < -0.3 is 5.32 Å². The Labute approximate surface area is 166 Å². The maximum Gasteiger partial charge on any atom is 0.261 e. The van der Waals surface area contributed by atoms with Crippen molar-refractivity contribution >= 4 is 10.9 Å². The van der Waals surface area contributed by atoms with Gasteiger partial charge in [0, 0.05) is 6.04 Å². The Morgan fingerprint density at radius 1 is 1.04 bits per heavy atom. The van der Waals surface area contributed by atoms with E-state index in [-0.39, 0.29) is 11.6 Å². The lowest BCUT2D eigenvalue weighted by Crippen LogP contribution is -2.38. The molecule has 1 saturated carbocycles. The minimum Gasteiger partial charge on any atom is -0.305 e. The third-order valence-electron chi connectivity index (χ3n) is 5.84. The molecule has 1 fully saturated rings. The van der Waals surface area contributed by atoms with Crippen molar-refractivity contribution in [1.82, 2.24) is 14.9 Å². The van der Waals surface area contributed by atoms with Crippen LogP contribution < -0.4 is 10.9 Å². The number of nitrogens with one attached hydrogen (secondary N) is 1. The van der Waals surface area contributed by atoms with Crippen LogP contribution in [0.3, 0.4) is 0 Å². The fourth-order valence-electron chi connectivity index (χ4n) is 4.30. The summed E-state index contributed by atoms with van der Waals surface area (Å²) in [6.45, 7) is 2.73. The molecule has 0 radical (unpaired) electrons.